The Bertz CT molecular complexity index is 291. The predicted molar refractivity (Wildman–Crippen MR) is 116 cm³/mol. The van der Waals surface area contributed by atoms with Crippen LogP contribution in [0.15, 0.2) is 0 Å². The molecule has 0 N–H and O–H groups in total. The van der Waals surface area contributed by atoms with Gasteiger partial charge in [-0.25, -0.2) is 0 Å². The van der Waals surface area contributed by atoms with Gasteiger partial charge < -0.3 is 9.47 Å². The van der Waals surface area contributed by atoms with Crippen LogP contribution in [0, 0.1) is 0 Å². The molecule has 0 aliphatic rings. The Kier molecular flexibility index (Phi) is 23.0. The summed E-state index contributed by atoms with van der Waals surface area (Å²) in [6.45, 7) is 6.13. The van der Waals surface area contributed by atoms with Crippen LogP contribution in [0.2, 0.25) is 0 Å². The van der Waals surface area contributed by atoms with Gasteiger partial charge in [-0.3, -0.25) is 4.79 Å². The molecule has 0 aromatic heterocycles. The molecule has 0 aliphatic heterocycles. The van der Waals surface area contributed by atoms with E-state index < -0.39 is 0 Å². The van der Waals surface area contributed by atoms with Crippen molar-refractivity contribution in [2.24, 2.45) is 0 Å². The normalized spacial score (nSPS) is 11.0. The van der Waals surface area contributed by atoms with Crippen LogP contribution in [0.1, 0.15) is 129 Å². The van der Waals surface area contributed by atoms with Gasteiger partial charge in [0.15, 0.2) is 0 Å². The second kappa shape index (κ2) is 23.5. The summed E-state index contributed by atoms with van der Waals surface area (Å²) in [6.07, 6.45) is 23.0. The number of unbranched alkanes of at least 4 members (excludes halogenated alkanes) is 15. The molecule has 0 rings (SSSR count). The fourth-order valence-electron chi connectivity index (χ4n) is 3.28. The summed E-state index contributed by atoms with van der Waals surface area (Å²) in [5.41, 5.74) is 0. The Morgan fingerprint density at radius 3 is 1.44 bits per heavy atom. The van der Waals surface area contributed by atoms with Crippen LogP contribution in [0.5, 0.6) is 0 Å². The Hall–Kier alpha value is -0.570. The number of carbonyl (C=O) groups is 1. The van der Waals surface area contributed by atoms with E-state index in [9.17, 15) is 4.79 Å². The quantitative estimate of drug-likeness (QED) is 0.142. The summed E-state index contributed by atoms with van der Waals surface area (Å²) in [4.78, 5) is 11.6. The van der Waals surface area contributed by atoms with Gasteiger partial charge in [-0.1, -0.05) is 110 Å². The third-order valence-corrected chi connectivity index (χ3v) is 5.12. The number of ether oxygens (including phenoxy) is 2. The number of hydrogen-bond donors (Lipinski definition) is 0. The zero-order valence-corrected chi connectivity index (χ0v) is 18.6. The van der Waals surface area contributed by atoms with Crippen molar-refractivity contribution in [3.05, 3.63) is 0 Å². The molecule has 162 valence electrons. The van der Waals surface area contributed by atoms with Crippen LogP contribution in [-0.2, 0) is 14.3 Å². The molecule has 0 saturated carbocycles. The van der Waals surface area contributed by atoms with Gasteiger partial charge in [0.05, 0.1) is 6.61 Å². The van der Waals surface area contributed by atoms with E-state index in [1.165, 1.54) is 83.5 Å². The number of rotatable bonds is 22. The highest BCUT2D eigenvalue weighted by Crippen LogP contribution is 2.13. The molecule has 0 saturated heterocycles. The molecular formula is C24H48O3. The number of carbonyl (C=O) groups excluding carboxylic acids is 1. The summed E-state index contributed by atoms with van der Waals surface area (Å²) in [5, 5.41) is 0. The van der Waals surface area contributed by atoms with Gasteiger partial charge in [0.1, 0.15) is 6.61 Å². The molecule has 0 aromatic carbocycles. The lowest BCUT2D eigenvalue weighted by molar-refractivity contribution is -0.145. The molecule has 0 spiro atoms. The van der Waals surface area contributed by atoms with E-state index in [0.717, 1.165) is 32.3 Å². The highest BCUT2D eigenvalue weighted by Gasteiger charge is 2.02. The third-order valence-electron chi connectivity index (χ3n) is 5.12. The summed E-state index contributed by atoms with van der Waals surface area (Å²) < 4.78 is 10.6. The van der Waals surface area contributed by atoms with Gasteiger partial charge >= 0.3 is 5.97 Å². The average molecular weight is 385 g/mol. The number of hydrogen-bond acceptors (Lipinski definition) is 3. The maximum Gasteiger partial charge on any atom is 0.305 e. The average Bonchev–Trinajstić information content (AvgIpc) is 2.67. The van der Waals surface area contributed by atoms with Crippen molar-refractivity contribution in [2.75, 3.05) is 19.8 Å². The Balaban J connectivity index is 3.10. The van der Waals surface area contributed by atoms with E-state index in [-0.39, 0.29) is 5.97 Å². The van der Waals surface area contributed by atoms with Gasteiger partial charge in [0, 0.05) is 13.0 Å². The lowest BCUT2D eigenvalue weighted by Crippen LogP contribution is -2.10. The van der Waals surface area contributed by atoms with Gasteiger partial charge in [-0.15, -0.1) is 0 Å². The lowest BCUT2D eigenvalue weighted by atomic mass is 10.0. The van der Waals surface area contributed by atoms with Crippen molar-refractivity contribution >= 4 is 5.97 Å². The van der Waals surface area contributed by atoms with E-state index in [4.69, 9.17) is 9.47 Å². The molecule has 0 aliphatic carbocycles. The second-order valence-corrected chi connectivity index (χ2v) is 7.89. The van der Waals surface area contributed by atoms with Gasteiger partial charge in [0.2, 0.25) is 0 Å². The molecule has 3 nitrogen and oxygen atoms in total. The third kappa shape index (κ3) is 23.4. The van der Waals surface area contributed by atoms with Crippen molar-refractivity contribution in [1.82, 2.24) is 0 Å². The molecule has 0 amide bonds. The fraction of sp³-hybridized carbons (Fsp3) is 0.958. The van der Waals surface area contributed by atoms with Crippen molar-refractivity contribution < 1.29 is 14.3 Å². The molecule has 27 heavy (non-hydrogen) atoms. The molecule has 0 radical (unpaired) electrons. The van der Waals surface area contributed by atoms with Crippen molar-refractivity contribution in [3.63, 3.8) is 0 Å². The minimum atomic E-state index is -0.0659. The molecule has 0 atom stereocenters. The number of esters is 1. The maximum atomic E-state index is 11.6. The molecule has 0 aromatic rings. The van der Waals surface area contributed by atoms with Crippen molar-refractivity contribution in [2.45, 2.75) is 129 Å². The van der Waals surface area contributed by atoms with Crippen LogP contribution in [-0.4, -0.2) is 25.8 Å². The van der Waals surface area contributed by atoms with Crippen molar-refractivity contribution in [3.8, 4) is 0 Å². The largest absolute Gasteiger partial charge is 0.463 e. The lowest BCUT2D eigenvalue weighted by Gasteiger charge is -2.06. The topological polar surface area (TPSA) is 35.5 Å². The van der Waals surface area contributed by atoms with E-state index in [2.05, 4.69) is 13.8 Å². The molecule has 0 fully saturated rings. The first kappa shape index (κ1) is 26.4. The minimum absolute atomic E-state index is 0.0659. The molecule has 3 heteroatoms. The predicted octanol–water partition coefficient (Wildman–Crippen LogP) is 7.61. The zero-order valence-electron chi connectivity index (χ0n) is 18.6. The van der Waals surface area contributed by atoms with Crippen LogP contribution < -0.4 is 0 Å². The minimum Gasteiger partial charge on any atom is -0.463 e. The first-order chi connectivity index (χ1) is 13.3. The van der Waals surface area contributed by atoms with Gasteiger partial charge in [0.25, 0.3) is 0 Å². The molecular weight excluding hydrogens is 336 g/mol. The maximum absolute atomic E-state index is 11.6. The summed E-state index contributed by atoms with van der Waals surface area (Å²) in [5.74, 6) is -0.0659. The molecule has 0 heterocycles. The second-order valence-electron chi connectivity index (χ2n) is 7.89. The Morgan fingerprint density at radius 1 is 0.519 bits per heavy atom. The SMILES string of the molecule is CCCCCCCCCCCCCCCCCC(=O)OCCOCCCC. The molecule has 0 bridgehead atoms. The highest BCUT2D eigenvalue weighted by atomic mass is 16.6. The Labute approximate surface area is 170 Å². The highest BCUT2D eigenvalue weighted by molar-refractivity contribution is 5.69. The zero-order chi connectivity index (χ0) is 19.8. The van der Waals surface area contributed by atoms with Crippen molar-refractivity contribution in [1.29, 1.82) is 0 Å². The first-order valence-electron chi connectivity index (χ1n) is 12.0. The van der Waals surface area contributed by atoms with Crippen LogP contribution in [0.3, 0.4) is 0 Å². The van der Waals surface area contributed by atoms with E-state index in [0.29, 0.717) is 19.6 Å². The Morgan fingerprint density at radius 2 is 0.963 bits per heavy atom. The van der Waals surface area contributed by atoms with Crippen LogP contribution in [0.4, 0.5) is 0 Å². The summed E-state index contributed by atoms with van der Waals surface area (Å²) in [6, 6.07) is 0. The first-order valence-corrected chi connectivity index (χ1v) is 12.0. The van der Waals surface area contributed by atoms with E-state index in [1.54, 1.807) is 0 Å². The van der Waals surface area contributed by atoms with Gasteiger partial charge in [-0.05, 0) is 12.8 Å². The van der Waals surface area contributed by atoms with Gasteiger partial charge in [-0.2, -0.15) is 0 Å². The van der Waals surface area contributed by atoms with E-state index >= 15 is 0 Å². The van der Waals surface area contributed by atoms with E-state index in [1.807, 2.05) is 0 Å². The smallest absolute Gasteiger partial charge is 0.305 e. The van der Waals surface area contributed by atoms with Crippen LogP contribution in [0.25, 0.3) is 0 Å². The fourth-order valence-corrected chi connectivity index (χ4v) is 3.28. The van der Waals surface area contributed by atoms with Crippen LogP contribution >= 0.6 is 0 Å². The standard InChI is InChI=1S/C24H48O3/c1-3-5-7-8-9-10-11-12-13-14-15-16-17-18-19-20-24(25)27-23-22-26-21-6-4-2/h3-23H2,1-2H3. The summed E-state index contributed by atoms with van der Waals surface area (Å²) >= 11 is 0. The molecule has 0 unspecified atom stereocenters. The monoisotopic (exact) mass is 384 g/mol. The summed E-state index contributed by atoms with van der Waals surface area (Å²) in [7, 11) is 0.